The second-order valence-electron chi connectivity index (χ2n) is 2.63. The van der Waals surface area contributed by atoms with Crippen molar-refractivity contribution in [1.82, 2.24) is 0 Å². The summed E-state index contributed by atoms with van der Waals surface area (Å²) < 4.78 is 4.09. The fourth-order valence-electron chi connectivity index (χ4n) is 0.658. The number of hydrogen-bond donors (Lipinski definition) is 3. The first-order valence-electron chi connectivity index (χ1n) is 4.35. The van der Waals surface area contributed by atoms with Gasteiger partial charge in [-0.2, -0.15) is 0 Å². The van der Waals surface area contributed by atoms with Crippen LogP contribution in [0.15, 0.2) is 22.7 Å². The number of aliphatic hydroxyl groups is 1. The molecular weight excluding hydrogens is 391 g/mol. The SMILES string of the molecule is CCCO.Nc1ccc(Br)cc1NSI. The largest absolute Gasteiger partial charge is 0.397 e. The smallest absolute Gasteiger partial charge is 0.0690 e. The van der Waals surface area contributed by atoms with Crippen molar-refractivity contribution in [1.29, 1.82) is 0 Å². The third-order valence-electron chi connectivity index (χ3n) is 1.39. The molecule has 0 aliphatic carbocycles. The number of nitrogen functional groups attached to an aromatic ring is 1. The van der Waals surface area contributed by atoms with Crippen LogP contribution in [0.3, 0.4) is 0 Å². The second kappa shape index (κ2) is 9.56. The molecule has 0 heterocycles. The van der Waals surface area contributed by atoms with Gasteiger partial charge in [0.05, 0.1) is 11.4 Å². The molecule has 0 bridgehead atoms. The molecule has 4 N–H and O–H groups in total. The maximum atomic E-state index is 7.88. The molecule has 1 rings (SSSR count). The van der Waals surface area contributed by atoms with Gasteiger partial charge in [-0.25, -0.2) is 0 Å². The first-order chi connectivity index (χ1) is 7.15. The third-order valence-corrected chi connectivity index (χ3v) is 2.84. The lowest BCUT2D eigenvalue weighted by Gasteiger charge is -2.04. The van der Waals surface area contributed by atoms with Crippen molar-refractivity contribution in [2.75, 3.05) is 17.1 Å². The lowest BCUT2D eigenvalue weighted by atomic mass is 10.3. The summed E-state index contributed by atoms with van der Waals surface area (Å²) in [6.07, 6.45) is 0.875. The van der Waals surface area contributed by atoms with Crippen molar-refractivity contribution >= 4 is 57.6 Å². The van der Waals surface area contributed by atoms with Gasteiger partial charge in [-0.15, -0.1) is 0 Å². The van der Waals surface area contributed by atoms with Gasteiger partial charge in [-0.1, -0.05) is 22.9 Å². The topological polar surface area (TPSA) is 58.3 Å². The molecular formula is C9H14BrIN2OS. The Morgan fingerprint density at radius 2 is 2.20 bits per heavy atom. The van der Waals surface area contributed by atoms with E-state index in [9.17, 15) is 0 Å². The summed E-state index contributed by atoms with van der Waals surface area (Å²) in [5, 5.41) is 7.88. The fourth-order valence-corrected chi connectivity index (χ4v) is 1.99. The van der Waals surface area contributed by atoms with Crippen molar-refractivity contribution in [2.45, 2.75) is 13.3 Å². The van der Waals surface area contributed by atoms with Gasteiger partial charge < -0.3 is 15.6 Å². The van der Waals surface area contributed by atoms with Crippen LogP contribution >= 0.6 is 46.3 Å². The highest BCUT2D eigenvalue weighted by Crippen LogP contribution is 2.27. The standard InChI is InChI=1S/C6H6BrIN2S.C3H8O/c7-4-1-2-5(9)6(3-4)10-11-8;1-2-3-4/h1-3,10H,9H2;4H,2-3H2,1H3. The average molecular weight is 405 g/mol. The van der Waals surface area contributed by atoms with E-state index in [2.05, 4.69) is 41.9 Å². The van der Waals surface area contributed by atoms with E-state index >= 15 is 0 Å². The summed E-state index contributed by atoms with van der Waals surface area (Å²) in [6, 6.07) is 5.72. The second-order valence-corrected chi connectivity index (χ2v) is 5.23. The van der Waals surface area contributed by atoms with Crippen molar-refractivity contribution in [2.24, 2.45) is 0 Å². The van der Waals surface area contributed by atoms with E-state index in [1.807, 2.05) is 25.1 Å². The Bertz CT molecular complexity index is 287. The minimum atomic E-state index is 0.319. The molecule has 0 amide bonds. The van der Waals surface area contributed by atoms with Crippen molar-refractivity contribution in [3.63, 3.8) is 0 Å². The van der Waals surface area contributed by atoms with Gasteiger partial charge in [0.1, 0.15) is 0 Å². The van der Waals surface area contributed by atoms with Gasteiger partial charge in [-0.3, -0.25) is 0 Å². The summed E-state index contributed by atoms with van der Waals surface area (Å²) in [5.41, 5.74) is 7.38. The van der Waals surface area contributed by atoms with Gasteiger partial charge in [0.15, 0.2) is 0 Å². The Hall–Kier alpha value is 0.340. The maximum Gasteiger partial charge on any atom is 0.0690 e. The molecule has 0 atom stereocenters. The lowest BCUT2D eigenvalue weighted by Crippen LogP contribution is -1.91. The number of benzene rings is 1. The molecule has 0 spiro atoms. The number of anilines is 2. The van der Waals surface area contributed by atoms with E-state index in [4.69, 9.17) is 10.8 Å². The molecule has 6 heteroatoms. The summed E-state index contributed by atoms with van der Waals surface area (Å²) in [5.74, 6) is 0. The normalized spacial score (nSPS) is 9.07. The van der Waals surface area contributed by atoms with Gasteiger partial charge in [0.2, 0.25) is 0 Å². The van der Waals surface area contributed by atoms with Crippen molar-refractivity contribution < 1.29 is 5.11 Å². The molecule has 86 valence electrons. The van der Waals surface area contributed by atoms with Crippen LogP contribution in [0.2, 0.25) is 0 Å². The van der Waals surface area contributed by atoms with E-state index in [1.54, 1.807) is 0 Å². The molecule has 1 aromatic carbocycles. The minimum absolute atomic E-state index is 0.319. The van der Waals surface area contributed by atoms with Crippen LogP contribution in [0, 0.1) is 0 Å². The molecule has 0 aliphatic heterocycles. The van der Waals surface area contributed by atoms with Gasteiger partial charge in [0, 0.05) is 41.4 Å². The fraction of sp³-hybridized carbons (Fsp3) is 0.333. The van der Waals surface area contributed by atoms with Gasteiger partial charge in [0.25, 0.3) is 0 Å². The van der Waals surface area contributed by atoms with E-state index in [-0.39, 0.29) is 0 Å². The highest BCUT2D eigenvalue weighted by Gasteiger charge is 1.97. The molecule has 0 unspecified atom stereocenters. The van der Waals surface area contributed by atoms with E-state index in [1.165, 1.54) is 9.12 Å². The van der Waals surface area contributed by atoms with Gasteiger partial charge >= 0.3 is 0 Å². The highest BCUT2D eigenvalue weighted by molar-refractivity contribution is 14.2. The molecule has 15 heavy (non-hydrogen) atoms. The quantitative estimate of drug-likeness (QED) is 0.407. The highest BCUT2D eigenvalue weighted by atomic mass is 127. The first kappa shape index (κ1) is 15.3. The van der Waals surface area contributed by atoms with Crippen molar-refractivity contribution in [3.8, 4) is 0 Å². The number of halogens is 2. The van der Waals surface area contributed by atoms with Crippen LogP contribution in [0.1, 0.15) is 13.3 Å². The van der Waals surface area contributed by atoms with Crippen LogP contribution in [-0.2, 0) is 0 Å². The average Bonchev–Trinajstić information content (AvgIpc) is 2.24. The molecule has 0 radical (unpaired) electrons. The van der Waals surface area contributed by atoms with Crippen LogP contribution in [-0.4, -0.2) is 11.7 Å². The predicted molar refractivity (Wildman–Crippen MR) is 81.2 cm³/mol. The number of hydrogen-bond acceptors (Lipinski definition) is 4. The molecule has 3 nitrogen and oxygen atoms in total. The third kappa shape index (κ3) is 7.26. The summed E-state index contributed by atoms with van der Waals surface area (Å²) >= 11 is 5.51. The van der Waals surface area contributed by atoms with E-state index in [0.29, 0.717) is 6.61 Å². The van der Waals surface area contributed by atoms with Gasteiger partial charge in [-0.05, 0) is 24.6 Å². The Labute approximate surface area is 115 Å². The first-order valence-corrected chi connectivity index (χ1v) is 8.50. The Balaban J connectivity index is 0.000000423. The molecule has 0 fully saturated rings. The molecule has 0 aromatic heterocycles. The Morgan fingerprint density at radius 1 is 1.60 bits per heavy atom. The minimum Gasteiger partial charge on any atom is -0.397 e. The molecule has 0 saturated heterocycles. The van der Waals surface area contributed by atoms with E-state index < -0.39 is 0 Å². The Kier molecular flexibility index (Phi) is 9.77. The summed E-state index contributed by atoms with van der Waals surface area (Å²) in [4.78, 5) is 0. The number of nitrogens with two attached hydrogens (primary N) is 1. The molecule has 1 aromatic rings. The number of rotatable bonds is 3. The van der Waals surface area contributed by atoms with Crippen LogP contribution < -0.4 is 10.5 Å². The molecule has 0 aliphatic rings. The number of aliphatic hydroxyl groups excluding tert-OH is 1. The zero-order chi connectivity index (χ0) is 11.7. The summed E-state index contributed by atoms with van der Waals surface area (Å²) in [6.45, 7) is 2.25. The summed E-state index contributed by atoms with van der Waals surface area (Å²) in [7, 11) is 1.50. The zero-order valence-corrected chi connectivity index (χ0v) is 12.9. The van der Waals surface area contributed by atoms with Crippen LogP contribution in [0.4, 0.5) is 11.4 Å². The predicted octanol–water partition coefficient (Wildman–Crippen LogP) is 3.83. The zero-order valence-electron chi connectivity index (χ0n) is 8.34. The monoisotopic (exact) mass is 404 g/mol. The lowest BCUT2D eigenvalue weighted by molar-refractivity contribution is 0.295. The Morgan fingerprint density at radius 3 is 2.67 bits per heavy atom. The van der Waals surface area contributed by atoms with E-state index in [0.717, 1.165) is 22.3 Å². The van der Waals surface area contributed by atoms with Crippen LogP contribution in [0.5, 0.6) is 0 Å². The van der Waals surface area contributed by atoms with Crippen molar-refractivity contribution in [3.05, 3.63) is 22.7 Å². The molecule has 0 saturated carbocycles. The maximum absolute atomic E-state index is 7.88. The van der Waals surface area contributed by atoms with Crippen LogP contribution in [0.25, 0.3) is 0 Å². The number of nitrogens with one attached hydrogen (secondary N) is 1.